The van der Waals surface area contributed by atoms with Crippen molar-refractivity contribution in [2.45, 2.75) is 76.1 Å². The quantitative estimate of drug-likeness (QED) is 0.655. The summed E-state index contributed by atoms with van der Waals surface area (Å²) in [5.74, 6) is -0.351. The van der Waals surface area contributed by atoms with Gasteiger partial charge in [0.05, 0.1) is 13.1 Å². The number of halogens is 1. The summed E-state index contributed by atoms with van der Waals surface area (Å²) < 4.78 is -0.0732. The maximum atomic E-state index is 13.0. The Labute approximate surface area is 150 Å². The third-order valence-electron chi connectivity index (χ3n) is 5.82. The van der Waals surface area contributed by atoms with E-state index in [9.17, 15) is 14.7 Å². The van der Waals surface area contributed by atoms with Crippen molar-refractivity contribution in [3.8, 4) is 0 Å². The number of carbonyl (C=O) groups is 2. The summed E-state index contributed by atoms with van der Waals surface area (Å²) in [7, 11) is 0. The number of hydrogen-bond acceptors (Lipinski definition) is 4. The van der Waals surface area contributed by atoms with E-state index in [2.05, 4.69) is 10.6 Å². The van der Waals surface area contributed by atoms with Crippen molar-refractivity contribution in [3.05, 3.63) is 0 Å². The molecule has 6 nitrogen and oxygen atoms in total. The lowest BCUT2D eigenvalue weighted by atomic mass is 9.95. The smallest absolute Gasteiger partial charge is 0.333 e. The van der Waals surface area contributed by atoms with Crippen LogP contribution in [0.3, 0.4) is 0 Å². The van der Waals surface area contributed by atoms with E-state index in [1.807, 2.05) is 0 Å². The zero-order chi connectivity index (χ0) is 16.3. The van der Waals surface area contributed by atoms with Crippen LogP contribution >= 0.6 is 12.4 Å². The molecular formula is C17H31ClN3O3+. The third kappa shape index (κ3) is 3.93. The van der Waals surface area contributed by atoms with Crippen molar-refractivity contribution in [3.63, 3.8) is 0 Å². The van der Waals surface area contributed by atoms with Crippen LogP contribution in [0.5, 0.6) is 0 Å². The minimum atomic E-state index is -1.26. The van der Waals surface area contributed by atoms with Gasteiger partial charge >= 0.3 is 11.8 Å². The number of quaternary nitrogens is 1. The zero-order valence-electron chi connectivity index (χ0n) is 14.3. The molecule has 1 saturated carbocycles. The van der Waals surface area contributed by atoms with Gasteiger partial charge in [0, 0.05) is 18.9 Å². The molecule has 138 valence electrons. The number of amides is 2. The monoisotopic (exact) mass is 360 g/mol. The molecule has 3 N–H and O–H groups in total. The number of nitrogens with zero attached hydrogens (tertiary/aromatic N) is 1. The molecule has 3 aliphatic rings. The number of rotatable bonds is 4. The van der Waals surface area contributed by atoms with Gasteiger partial charge in [-0.3, -0.25) is 4.79 Å². The summed E-state index contributed by atoms with van der Waals surface area (Å²) in [6.45, 7) is 2.01. The molecule has 3 rings (SSSR count). The van der Waals surface area contributed by atoms with E-state index < -0.39 is 6.23 Å². The van der Waals surface area contributed by atoms with E-state index in [0.717, 1.165) is 57.9 Å². The fraction of sp³-hybridized carbons (Fsp3) is 0.882. The summed E-state index contributed by atoms with van der Waals surface area (Å²) >= 11 is 0. The minimum absolute atomic E-state index is 0. The minimum Gasteiger partial charge on any atom is -0.346 e. The number of aliphatic hydroxyl groups excluding tert-OH is 1. The first-order valence-electron chi connectivity index (χ1n) is 9.26. The van der Waals surface area contributed by atoms with Crippen LogP contribution in [0.1, 0.15) is 57.8 Å². The number of carbonyl (C=O) groups excluding carboxylic acids is 2. The molecule has 2 aliphatic heterocycles. The maximum absolute atomic E-state index is 13.0. The molecule has 0 spiro atoms. The first kappa shape index (κ1) is 19.6. The molecule has 0 radical (unpaired) electrons. The summed E-state index contributed by atoms with van der Waals surface area (Å²) in [6, 6.07) is -0.0431. The van der Waals surface area contributed by atoms with E-state index >= 15 is 0 Å². The lowest BCUT2D eigenvalue weighted by Crippen LogP contribution is -2.66. The van der Waals surface area contributed by atoms with Crippen molar-refractivity contribution < 1.29 is 19.2 Å². The molecule has 0 aromatic heterocycles. The van der Waals surface area contributed by atoms with Crippen molar-refractivity contribution >= 4 is 24.2 Å². The Hall–Kier alpha value is -0.690. The van der Waals surface area contributed by atoms with Crippen LogP contribution in [0, 0.1) is 0 Å². The highest BCUT2D eigenvalue weighted by atomic mass is 35.5. The first-order valence-corrected chi connectivity index (χ1v) is 9.26. The van der Waals surface area contributed by atoms with Gasteiger partial charge in [-0.25, -0.2) is 9.28 Å². The lowest BCUT2D eigenvalue weighted by Gasteiger charge is -2.37. The Kier molecular flexibility index (Phi) is 7.04. The van der Waals surface area contributed by atoms with Gasteiger partial charge < -0.3 is 15.7 Å². The number of likely N-dealkylation sites (tertiary alicyclic amines) is 1. The van der Waals surface area contributed by atoms with Crippen molar-refractivity contribution in [1.82, 2.24) is 10.6 Å². The van der Waals surface area contributed by atoms with Gasteiger partial charge in [0.2, 0.25) is 0 Å². The largest absolute Gasteiger partial charge is 0.346 e. The molecule has 24 heavy (non-hydrogen) atoms. The van der Waals surface area contributed by atoms with Crippen LogP contribution in [-0.4, -0.2) is 59.3 Å². The van der Waals surface area contributed by atoms with E-state index in [4.69, 9.17) is 0 Å². The Morgan fingerprint density at radius 3 is 2.25 bits per heavy atom. The summed E-state index contributed by atoms with van der Waals surface area (Å²) in [6.07, 6.45) is 7.79. The second kappa shape index (κ2) is 8.61. The van der Waals surface area contributed by atoms with Gasteiger partial charge in [-0.05, 0) is 32.2 Å². The third-order valence-corrected chi connectivity index (χ3v) is 5.82. The Morgan fingerprint density at radius 1 is 1.00 bits per heavy atom. The lowest BCUT2D eigenvalue weighted by molar-refractivity contribution is -0.881. The molecule has 0 bridgehead atoms. The molecule has 2 atom stereocenters. The molecule has 2 heterocycles. The van der Waals surface area contributed by atoms with Crippen LogP contribution in [-0.2, 0) is 9.59 Å². The van der Waals surface area contributed by atoms with Crippen molar-refractivity contribution in [2.75, 3.05) is 19.6 Å². The van der Waals surface area contributed by atoms with E-state index in [1.54, 1.807) is 0 Å². The topological polar surface area (TPSA) is 78.4 Å². The Bertz CT molecular complexity index is 442. The van der Waals surface area contributed by atoms with Crippen LogP contribution in [0.2, 0.25) is 0 Å². The molecule has 3 fully saturated rings. The summed E-state index contributed by atoms with van der Waals surface area (Å²) in [5, 5.41) is 17.0. The molecule has 2 unspecified atom stereocenters. The van der Waals surface area contributed by atoms with Gasteiger partial charge in [-0.2, -0.15) is 0 Å². The van der Waals surface area contributed by atoms with Crippen LogP contribution in [0.15, 0.2) is 0 Å². The van der Waals surface area contributed by atoms with Crippen molar-refractivity contribution in [2.24, 2.45) is 0 Å². The van der Waals surface area contributed by atoms with Gasteiger partial charge in [-0.15, -0.1) is 12.4 Å². The van der Waals surface area contributed by atoms with Gasteiger partial charge in [0.15, 0.2) is 0 Å². The van der Waals surface area contributed by atoms with E-state index in [-0.39, 0.29) is 40.8 Å². The maximum Gasteiger partial charge on any atom is 0.333 e. The standard InChI is InChI=1S/C17H29N3O3.ClH/c21-15(19-13-7-2-1-3-8-13)17(23)20(11-4-5-12-20)16(22)14-9-6-10-18-14;/h13-14,17-18,23H,1-12H2;1H/p+1. The SMILES string of the molecule is Cl.O=C(NC1CCCCC1)C(O)[N+]1(C(=O)C2CCCN2)CCCC1. The van der Waals surface area contributed by atoms with Crippen LogP contribution in [0.25, 0.3) is 0 Å². The highest BCUT2D eigenvalue weighted by Crippen LogP contribution is 2.27. The molecule has 0 aromatic carbocycles. The normalized spacial score (nSPS) is 28.1. The Morgan fingerprint density at radius 2 is 1.67 bits per heavy atom. The number of aliphatic hydroxyl groups is 1. The molecular weight excluding hydrogens is 330 g/mol. The van der Waals surface area contributed by atoms with Gasteiger partial charge in [0.1, 0.15) is 6.04 Å². The van der Waals surface area contributed by atoms with Gasteiger partial charge in [0.25, 0.3) is 6.23 Å². The van der Waals surface area contributed by atoms with E-state index in [1.165, 1.54) is 6.42 Å². The first-order chi connectivity index (χ1) is 11.1. The number of nitrogens with one attached hydrogen (secondary N) is 2. The second-order valence-corrected chi connectivity index (χ2v) is 7.39. The van der Waals surface area contributed by atoms with Crippen molar-refractivity contribution in [1.29, 1.82) is 0 Å². The van der Waals surface area contributed by atoms with Crippen LogP contribution in [0.4, 0.5) is 0 Å². The van der Waals surface area contributed by atoms with Gasteiger partial charge in [-0.1, -0.05) is 19.3 Å². The number of hydrogen-bond donors (Lipinski definition) is 3. The van der Waals surface area contributed by atoms with E-state index in [0.29, 0.717) is 13.1 Å². The fourth-order valence-electron chi connectivity index (χ4n) is 4.44. The predicted octanol–water partition coefficient (Wildman–Crippen LogP) is 1.06. The average molecular weight is 361 g/mol. The Balaban J connectivity index is 0.00000208. The molecule has 0 aromatic rings. The summed E-state index contributed by atoms with van der Waals surface area (Å²) in [5.41, 5.74) is 0. The predicted molar refractivity (Wildman–Crippen MR) is 93.5 cm³/mol. The average Bonchev–Trinajstić information content (AvgIpc) is 3.27. The summed E-state index contributed by atoms with van der Waals surface area (Å²) in [4.78, 5) is 25.6. The molecule has 2 amide bonds. The highest BCUT2D eigenvalue weighted by molar-refractivity contribution is 5.85. The molecule has 2 saturated heterocycles. The van der Waals surface area contributed by atoms with Crippen LogP contribution < -0.4 is 10.6 Å². The zero-order valence-corrected chi connectivity index (χ0v) is 15.2. The second-order valence-electron chi connectivity index (χ2n) is 7.39. The molecule has 1 aliphatic carbocycles. The highest BCUT2D eigenvalue weighted by Gasteiger charge is 2.52. The fourth-order valence-corrected chi connectivity index (χ4v) is 4.44. The molecule has 7 heteroatoms.